The molecule has 0 saturated carbocycles. The van der Waals surface area contributed by atoms with Gasteiger partial charge in [-0.1, -0.05) is 41.9 Å². The molecule has 0 atom stereocenters. The Morgan fingerprint density at radius 2 is 1.43 bits per heavy atom. The van der Waals surface area contributed by atoms with E-state index in [9.17, 15) is 30.0 Å². The van der Waals surface area contributed by atoms with Crippen molar-refractivity contribution in [3.63, 3.8) is 0 Å². The van der Waals surface area contributed by atoms with Gasteiger partial charge in [0, 0.05) is 26.2 Å². The zero-order valence-corrected chi connectivity index (χ0v) is 17.9. The Labute approximate surface area is 178 Å². The molecule has 12 heteroatoms. The normalized spacial score (nSPS) is 17.2. The van der Waals surface area contributed by atoms with Crippen LogP contribution in [-0.4, -0.2) is 51.6 Å². The first-order chi connectivity index (χ1) is 13.9. The van der Waals surface area contributed by atoms with Crippen molar-refractivity contribution >= 4 is 31.6 Å². The first kappa shape index (κ1) is 23.0. The highest BCUT2D eigenvalue weighted by molar-refractivity contribution is 7.89. The lowest BCUT2D eigenvalue weighted by Crippen LogP contribution is -2.50. The average molecular weight is 483 g/mol. The molecule has 0 spiro atoms. The van der Waals surface area contributed by atoms with Crippen molar-refractivity contribution in [2.75, 3.05) is 26.2 Å². The number of halogens is 4. The highest BCUT2D eigenvalue weighted by Gasteiger charge is 2.36. The maximum atomic E-state index is 13.0. The van der Waals surface area contributed by atoms with Gasteiger partial charge in [-0.3, -0.25) is 0 Å². The molecule has 6 nitrogen and oxygen atoms in total. The minimum absolute atomic E-state index is 0.106. The summed E-state index contributed by atoms with van der Waals surface area (Å²) in [6.07, 6.45) is -4.72. The van der Waals surface area contributed by atoms with Crippen molar-refractivity contribution in [3.05, 3.63) is 64.7 Å². The van der Waals surface area contributed by atoms with Crippen LogP contribution in [0, 0.1) is 0 Å². The summed E-state index contributed by atoms with van der Waals surface area (Å²) >= 11 is 5.86. The van der Waals surface area contributed by atoms with E-state index in [1.54, 1.807) is 30.3 Å². The summed E-state index contributed by atoms with van der Waals surface area (Å²) < 4.78 is 91.9. The second-order valence-electron chi connectivity index (χ2n) is 6.69. The molecule has 1 aliphatic rings. The van der Waals surface area contributed by atoms with Gasteiger partial charge < -0.3 is 0 Å². The quantitative estimate of drug-likeness (QED) is 0.656. The van der Waals surface area contributed by atoms with Crippen molar-refractivity contribution < 1.29 is 30.0 Å². The lowest BCUT2D eigenvalue weighted by Gasteiger charge is -2.33. The van der Waals surface area contributed by atoms with E-state index in [1.807, 2.05) is 0 Å². The zero-order chi connectivity index (χ0) is 22.2. The number of hydrogen-bond donors (Lipinski definition) is 0. The van der Waals surface area contributed by atoms with Crippen LogP contribution in [0.2, 0.25) is 5.02 Å². The molecule has 30 heavy (non-hydrogen) atoms. The van der Waals surface area contributed by atoms with Crippen molar-refractivity contribution in [2.24, 2.45) is 0 Å². The predicted molar refractivity (Wildman–Crippen MR) is 106 cm³/mol. The Morgan fingerprint density at radius 3 is 2.00 bits per heavy atom. The van der Waals surface area contributed by atoms with Crippen molar-refractivity contribution in [1.29, 1.82) is 0 Å². The van der Waals surface area contributed by atoms with Crippen LogP contribution in [0.1, 0.15) is 11.1 Å². The van der Waals surface area contributed by atoms with E-state index in [1.165, 1.54) is 4.31 Å². The molecule has 3 rings (SSSR count). The number of benzene rings is 2. The standard InChI is InChI=1S/C18H18ClF3N2O4S2/c19-16-7-6-15(18(20,21)22)12-17(16)30(27,28)24-10-8-23(9-11-24)29(25,26)13-14-4-2-1-3-5-14/h1-7,12H,8-11,13H2. The molecule has 2 aromatic carbocycles. The van der Waals surface area contributed by atoms with Crippen molar-refractivity contribution in [3.8, 4) is 0 Å². The van der Waals surface area contributed by atoms with Gasteiger partial charge in [-0.25, -0.2) is 16.8 Å². The van der Waals surface area contributed by atoms with E-state index in [0.29, 0.717) is 17.7 Å². The van der Waals surface area contributed by atoms with E-state index in [0.717, 1.165) is 10.4 Å². The predicted octanol–water partition coefficient (Wildman–Crippen LogP) is 3.20. The van der Waals surface area contributed by atoms with E-state index in [4.69, 9.17) is 11.6 Å². The van der Waals surface area contributed by atoms with Gasteiger partial charge >= 0.3 is 6.18 Å². The topological polar surface area (TPSA) is 74.8 Å². The molecule has 0 aliphatic carbocycles. The Morgan fingerprint density at radius 1 is 0.867 bits per heavy atom. The van der Waals surface area contributed by atoms with Crippen LogP contribution in [0.25, 0.3) is 0 Å². The Balaban J connectivity index is 1.76. The van der Waals surface area contributed by atoms with Gasteiger partial charge in [0.2, 0.25) is 20.0 Å². The fourth-order valence-electron chi connectivity index (χ4n) is 3.08. The largest absolute Gasteiger partial charge is 0.416 e. The summed E-state index contributed by atoms with van der Waals surface area (Å²) in [4.78, 5) is -0.653. The third-order valence-electron chi connectivity index (χ3n) is 4.66. The smallest absolute Gasteiger partial charge is 0.212 e. The van der Waals surface area contributed by atoms with E-state index >= 15 is 0 Å². The molecule has 1 aliphatic heterocycles. The number of rotatable bonds is 5. The molecule has 0 N–H and O–H groups in total. The lowest BCUT2D eigenvalue weighted by atomic mass is 10.2. The third kappa shape index (κ3) is 4.97. The van der Waals surface area contributed by atoms with E-state index in [2.05, 4.69) is 0 Å². The molecule has 0 aromatic heterocycles. The first-order valence-electron chi connectivity index (χ1n) is 8.80. The molecule has 0 amide bonds. The minimum Gasteiger partial charge on any atom is -0.212 e. The van der Waals surface area contributed by atoms with Gasteiger partial charge in [0.05, 0.1) is 16.3 Å². The summed E-state index contributed by atoms with van der Waals surface area (Å²) in [5.74, 6) is -0.222. The van der Waals surface area contributed by atoms with Gasteiger partial charge in [-0.15, -0.1) is 0 Å². The highest BCUT2D eigenvalue weighted by atomic mass is 35.5. The van der Waals surface area contributed by atoms with E-state index in [-0.39, 0.29) is 37.0 Å². The van der Waals surface area contributed by atoms with Gasteiger partial charge in [0.25, 0.3) is 0 Å². The first-order valence-corrected chi connectivity index (χ1v) is 12.2. The van der Waals surface area contributed by atoms with Crippen LogP contribution < -0.4 is 0 Å². The molecule has 164 valence electrons. The van der Waals surface area contributed by atoms with Crippen LogP contribution in [0.15, 0.2) is 53.4 Å². The van der Waals surface area contributed by atoms with E-state index < -0.39 is 36.7 Å². The summed E-state index contributed by atoms with van der Waals surface area (Å²) in [6, 6.07) is 10.6. The van der Waals surface area contributed by atoms with Crippen LogP contribution >= 0.6 is 11.6 Å². The third-order valence-corrected chi connectivity index (χ3v) is 8.89. The Hall–Kier alpha value is -1.66. The molecule has 0 unspecified atom stereocenters. The fourth-order valence-corrected chi connectivity index (χ4v) is 6.52. The Bertz CT molecular complexity index is 1120. The average Bonchev–Trinajstić information content (AvgIpc) is 2.68. The van der Waals surface area contributed by atoms with Gasteiger partial charge in [0.1, 0.15) is 4.90 Å². The number of sulfonamides is 2. The van der Waals surface area contributed by atoms with Gasteiger partial charge in [-0.05, 0) is 23.8 Å². The number of alkyl halides is 3. The fraction of sp³-hybridized carbons (Fsp3) is 0.333. The van der Waals surface area contributed by atoms with Crippen molar-refractivity contribution in [2.45, 2.75) is 16.8 Å². The minimum atomic E-state index is -4.72. The molecule has 2 aromatic rings. The van der Waals surface area contributed by atoms with Crippen molar-refractivity contribution in [1.82, 2.24) is 8.61 Å². The highest BCUT2D eigenvalue weighted by Crippen LogP contribution is 2.34. The molecule has 0 radical (unpaired) electrons. The second-order valence-corrected chi connectivity index (χ2v) is 11.0. The number of nitrogens with zero attached hydrogens (tertiary/aromatic N) is 2. The molecule has 1 fully saturated rings. The second kappa shape index (κ2) is 8.46. The summed E-state index contributed by atoms with van der Waals surface area (Å²) in [5.41, 5.74) is -0.530. The Kier molecular flexibility index (Phi) is 6.49. The molecular weight excluding hydrogens is 465 g/mol. The molecule has 1 heterocycles. The van der Waals surface area contributed by atoms with Crippen LogP contribution in [-0.2, 0) is 32.0 Å². The zero-order valence-electron chi connectivity index (χ0n) is 15.5. The molecule has 0 bridgehead atoms. The monoisotopic (exact) mass is 482 g/mol. The van der Waals surface area contributed by atoms with Crippen LogP contribution in [0.5, 0.6) is 0 Å². The maximum Gasteiger partial charge on any atom is 0.416 e. The summed E-state index contributed by atoms with van der Waals surface area (Å²) in [6.45, 7) is -0.595. The number of hydrogen-bond acceptors (Lipinski definition) is 4. The SMILES string of the molecule is O=S(=O)(Cc1ccccc1)N1CCN(S(=O)(=O)c2cc(C(F)(F)F)ccc2Cl)CC1. The lowest BCUT2D eigenvalue weighted by molar-refractivity contribution is -0.137. The van der Waals surface area contributed by atoms with Crippen LogP contribution in [0.3, 0.4) is 0 Å². The summed E-state index contributed by atoms with van der Waals surface area (Å²) in [5, 5.41) is -0.331. The van der Waals surface area contributed by atoms with Gasteiger partial charge in [0.15, 0.2) is 0 Å². The number of piperazine rings is 1. The molecular formula is C18H18ClF3N2O4S2. The van der Waals surface area contributed by atoms with Gasteiger partial charge in [-0.2, -0.15) is 21.8 Å². The maximum absolute atomic E-state index is 13.0. The molecule has 1 saturated heterocycles. The van der Waals surface area contributed by atoms with Crippen LogP contribution in [0.4, 0.5) is 13.2 Å². The summed E-state index contributed by atoms with van der Waals surface area (Å²) in [7, 11) is -7.99.